The number of alkyl halides is 1. The number of rotatable bonds is 5. The molecule has 0 aliphatic rings. The van der Waals surface area contributed by atoms with E-state index in [1.807, 2.05) is 20.8 Å². The Morgan fingerprint density at radius 2 is 1.87 bits per heavy atom. The summed E-state index contributed by atoms with van der Waals surface area (Å²) in [5.41, 5.74) is 2.91. The smallest absolute Gasteiger partial charge is 0.149 e. The topological polar surface area (TPSA) is 22.1 Å². The summed E-state index contributed by atoms with van der Waals surface area (Å²) in [5, 5.41) is 0.357. The normalized spacial score (nSPS) is 9.83. The summed E-state index contributed by atoms with van der Waals surface area (Å²) in [6, 6.07) is 7.73. The van der Waals surface area contributed by atoms with Crippen molar-refractivity contribution in [2.75, 3.05) is 12.5 Å². The first-order chi connectivity index (χ1) is 11.0. The molecule has 2 aromatic rings. The molecule has 0 amide bonds. The standard InChI is InChI=1S/C16H14Cl2FNO.C2H6/c1-10(8-17)9-21-16-11(2)7-14(18)20-15(16)12-3-5-13(19)6-4-12;1-2/h3-7H,1,8-9H2,2H3;1-2H3. The Hall–Kier alpha value is -1.58. The van der Waals surface area contributed by atoms with Gasteiger partial charge in [-0.15, -0.1) is 11.6 Å². The van der Waals surface area contributed by atoms with Crippen LogP contribution in [0.25, 0.3) is 11.3 Å². The first kappa shape index (κ1) is 19.5. The van der Waals surface area contributed by atoms with Crippen LogP contribution in [-0.2, 0) is 0 Å². The summed E-state index contributed by atoms with van der Waals surface area (Å²) in [6.45, 7) is 9.96. The second-order valence-electron chi connectivity index (χ2n) is 4.62. The fourth-order valence-electron chi connectivity index (χ4n) is 1.82. The van der Waals surface area contributed by atoms with E-state index in [0.717, 1.165) is 16.7 Å². The third-order valence-corrected chi connectivity index (χ3v) is 3.43. The molecule has 0 bridgehead atoms. The molecule has 1 aromatic heterocycles. The molecule has 5 heteroatoms. The molecule has 0 fully saturated rings. The second-order valence-corrected chi connectivity index (χ2v) is 5.27. The molecule has 0 spiro atoms. The predicted octanol–water partition coefficient (Wildman–Crippen LogP) is 6.05. The average Bonchev–Trinajstić information content (AvgIpc) is 2.55. The van der Waals surface area contributed by atoms with E-state index >= 15 is 0 Å². The lowest BCUT2D eigenvalue weighted by molar-refractivity contribution is 0.351. The number of hydrogen-bond acceptors (Lipinski definition) is 2. The summed E-state index contributed by atoms with van der Waals surface area (Å²) in [6.07, 6.45) is 0. The summed E-state index contributed by atoms with van der Waals surface area (Å²) in [5.74, 6) is 0.610. The fourth-order valence-corrected chi connectivity index (χ4v) is 2.14. The van der Waals surface area contributed by atoms with E-state index in [4.69, 9.17) is 27.9 Å². The van der Waals surface area contributed by atoms with Gasteiger partial charge in [-0.1, -0.05) is 32.0 Å². The van der Waals surface area contributed by atoms with E-state index in [1.165, 1.54) is 12.1 Å². The minimum atomic E-state index is -0.310. The molecule has 0 aliphatic heterocycles. The van der Waals surface area contributed by atoms with Crippen molar-refractivity contribution in [3.05, 3.63) is 59.0 Å². The SMILES string of the molecule is C=C(CCl)COc1c(C)cc(Cl)nc1-c1ccc(F)cc1.CC. The number of pyridine rings is 1. The highest BCUT2D eigenvalue weighted by Crippen LogP contribution is 2.33. The van der Waals surface area contributed by atoms with E-state index in [0.29, 0.717) is 29.1 Å². The Bertz CT molecular complexity index is 657. The van der Waals surface area contributed by atoms with Gasteiger partial charge in [-0.3, -0.25) is 0 Å². The number of nitrogens with zero attached hydrogens (tertiary/aromatic N) is 1. The highest BCUT2D eigenvalue weighted by molar-refractivity contribution is 6.29. The molecule has 0 N–H and O–H groups in total. The third kappa shape index (κ3) is 5.52. The summed E-state index contributed by atoms with van der Waals surface area (Å²) in [7, 11) is 0. The number of aromatic nitrogens is 1. The van der Waals surface area contributed by atoms with Crippen molar-refractivity contribution < 1.29 is 9.13 Å². The van der Waals surface area contributed by atoms with Gasteiger partial charge in [-0.05, 0) is 48.4 Å². The number of ether oxygens (including phenoxy) is 1. The first-order valence-electron chi connectivity index (χ1n) is 7.29. The second kappa shape index (κ2) is 9.53. The Morgan fingerprint density at radius 1 is 1.26 bits per heavy atom. The molecule has 0 atom stereocenters. The Kier molecular flexibility index (Phi) is 8.07. The minimum Gasteiger partial charge on any atom is -0.487 e. The zero-order valence-electron chi connectivity index (χ0n) is 13.5. The lowest BCUT2D eigenvalue weighted by atomic mass is 10.1. The molecule has 124 valence electrons. The van der Waals surface area contributed by atoms with Crippen LogP contribution in [0.1, 0.15) is 19.4 Å². The molecule has 23 heavy (non-hydrogen) atoms. The molecule has 0 aliphatic carbocycles. The largest absolute Gasteiger partial charge is 0.487 e. The van der Waals surface area contributed by atoms with Gasteiger partial charge in [0.05, 0.1) is 0 Å². The van der Waals surface area contributed by atoms with Crippen molar-refractivity contribution in [3.63, 3.8) is 0 Å². The molecule has 0 saturated heterocycles. The van der Waals surface area contributed by atoms with Crippen molar-refractivity contribution in [2.24, 2.45) is 0 Å². The van der Waals surface area contributed by atoms with E-state index in [2.05, 4.69) is 11.6 Å². The molecular weight excluding hydrogens is 336 g/mol. The predicted molar refractivity (Wildman–Crippen MR) is 96.1 cm³/mol. The van der Waals surface area contributed by atoms with Gasteiger partial charge in [0.25, 0.3) is 0 Å². The number of hydrogen-bond donors (Lipinski definition) is 0. The van der Waals surface area contributed by atoms with E-state index in [9.17, 15) is 4.39 Å². The van der Waals surface area contributed by atoms with Crippen LogP contribution in [0.15, 0.2) is 42.5 Å². The summed E-state index contributed by atoms with van der Waals surface area (Å²) in [4.78, 5) is 4.29. The van der Waals surface area contributed by atoms with Crippen LogP contribution >= 0.6 is 23.2 Å². The van der Waals surface area contributed by atoms with E-state index in [-0.39, 0.29) is 5.82 Å². The monoisotopic (exact) mass is 355 g/mol. The number of aryl methyl sites for hydroxylation is 1. The van der Waals surface area contributed by atoms with E-state index < -0.39 is 0 Å². The van der Waals surface area contributed by atoms with E-state index in [1.54, 1.807) is 18.2 Å². The number of benzene rings is 1. The van der Waals surface area contributed by atoms with Crippen LogP contribution in [-0.4, -0.2) is 17.5 Å². The van der Waals surface area contributed by atoms with Crippen LogP contribution in [0.5, 0.6) is 5.75 Å². The molecule has 1 heterocycles. The average molecular weight is 356 g/mol. The maximum absolute atomic E-state index is 13.1. The zero-order chi connectivity index (χ0) is 17.4. The molecule has 2 rings (SSSR count). The Labute approximate surface area is 146 Å². The fraction of sp³-hybridized carbons (Fsp3) is 0.278. The lowest BCUT2D eigenvalue weighted by Crippen LogP contribution is -2.05. The van der Waals surface area contributed by atoms with Crippen molar-refractivity contribution in [1.29, 1.82) is 0 Å². The van der Waals surface area contributed by atoms with Gasteiger partial charge in [0, 0.05) is 11.4 Å². The molecule has 0 radical (unpaired) electrons. The van der Waals surface area contributed by atoms with Gasteiger partial charge in [0.2, 0.25) is 0 Å². The quantitative estimate of drug-likeness (QED) is 0.370. The van der Waals surface area contributed by atoms with Crippen LogP contribution in [0, 0.1) is 12.7 Å². The lowest BCUT2D eigenvalue weighted by Gasteiger charge is -2.14. The van der Waals surface area contributed by atoms with Gasteiger partial charge in [0.15, 0.2) is 0 Å². The van der Waals surface area contributed by atoms with Crippen molar-refractivity contribution in [1.82, 2.24) is 4.98 Å². The summed E-state index contributed by atoms with van der Waals surface area (Å²) >= 11 is 11.7. The molecule has 0 saturated carbocycles. The maximum atomic E-state index is 13.1. The van der Waals surface area contributed by atoms with Crippen LogP contribution in [0.3, 0.4) is 0 Å². The van der Waals surface area contributed by atoms with Crippen molar-refractivity contribution in [3.8, 4) is 17.0 Å². The van der Waals surface area contributed by atoms with Gasteiger partial charge in [-0.25, -0.2) is 9.37 Å². The summed E-state index contributed by atoms with van der Waals surface area (Å²) < 4.78 is 18.8. The highest BCUT2D eigenvalue weighted by Gasteiger charge is 2.13. The molecule has 0 unspecified atom stereocenters. The maximum Gasteiger partial charge on any atom is 0.149 e. The number of halogens is 3. The molecule has 1 aromatic carbocycles. The highest BCUT2D eigenvalue weighted by atomic mass is 35.5. The van der Waals surface area contributed by atoms with Gasteiger partial charge >= 0.3 is 0 Å². The Balaban J connectivity index is 0.00000127. The van der Waals surface area contributed by atoms with Gasteiger partial charge < -0.3 is 4.74 Å². The third-order valence-electron chi connectivity index (χ3n) is 2.85. The van der Waals surface area contributed by atoms with Crippen molar-refractivity contribution in [2.45, 2.75) is 20.8 Å². The van der Waals surface area contributed by atoms with Crippen LogP contribution in [0.2, 0.25) is 5.15 Å². The van der Waals surface area contributed by atoms with Crippen LogP contribution in [0.4, 0.5) is 4.39 Å². The first-order valence-corrected chi connectivity index (χ1v) is 8.21. The van der Waals surface area contributed by atoms with Crippen molar-refractivity contribution >= 4 is 23.2 Å². The minimum absolute atomic E-state index is 0.293. The van der Waals surface area contributed by atoms with Gasteiger partial charge in [0.1, 0.15) is 29.0 Å². The van der Waals surface area contributed by atoms with Crippen LogP contribution < -0.4 is 4.74 Å². The molecule has 2 nitrogen and oxygen atoms in total. The molecular formula is C18H20Cl2FNO. The Morgan fingerprint density at radius 3 is 2.43 bits per heavy atom. The zero-order valence-corrected chi connectivity index (χ0v) is 15.0. The van der Waals surface area contributed by atoms with Gasteiger partial charge in [-0.2, -0.15) is 0 Å².